The number of nitrogens with one attached hydrogen (secondary N) is 1. The van der Waals surface area contributed by atoms with Crippen molar-refractivity contribution in [3.63, 3.8) is 0 Å². The van der Waals surface area contributed by atoms with E-state index in [-0.39, 0.29) is 11.8 Å². The standard InChI is InChI=1S/C16H20N4O/c1-11(2)14-8-12(9-15(17-3)19-14)16(21)20(4)13-6-5-7-18-10-13/h5-11H,1-4H3,(H,17,19). The van der Waals surface area contributed by atoms with E-state index in [1.807, 2.05) is 18.2 Å². The molecule has 0 bridgehead atoms. The molecule has 0 aliphatic carbocycles. The van der Waals surface area contributed by atoms with Crippen LogP contribution >= 0.6 is 0 Å². The summed E-state index contributed by atoms with van der Waals surface area (Å²) >= 11 is 0. The zero-order valence-corrected chi connectivity index (χ0v) is 12.8. The molecule has 0 aliphatic heterocycles. The first kappa shape index (κ1) is 15.0. The quantitative estimate of drug-likeness (QED) is 0.938. The monoisotopic (exact) mass is 284 g/mol. The number of amides is 1. The third-order valence-corrected chi connectivity index (χ3v) is 3.28. The Kier molecular flexibility index (Phi) is 4.52. The smallest absolute Gasteiger partial charge is 0.258 e. The Labute approximate surface area is 125 Å². The van der Waals surface area contributed by atoms with Crippen LogP contribution in [0.4, 0.5) is 11.5 Å². The van der Waals surface area contributed by atoms with Crippen LogP contribution in [-0.2, 0) is 0 Å². The largest absolute Gasteiger partial charge is 0.373 e. The topological polar surface area (TPSA) is 58.1 Å². The first-order valence-electron chi connectivity index (χ1n) is 6.90. The van der Waals surface area contributed by atoms with Crippen molar-refractivity contribution in [1.82, 2.24) is 9.97 Å². The van der Waals surface area contributed by atoms with E-state index in [1.165, 1.54) is 0 Å². The number of rotatable bonds is 4. The van der Waals surface area contributed by atoms with Crippen LogP contribution in [0.15, 0.2) is 36.7 Å². The van der Waals surface area contributed by atoms with Gasteiger partial charge in [0.25, 0.3) is 5.91 Å². The van der Waals surface area contributed by atoms with Gasteiger partial charge in [0.05, 0.1) is 11.9 Å². The van der Waals surface area contributed by atoms with Crippen molar-refractivity contribution in [1.29, 1.82) is 0 Å². The predicted molar refractivity (Wildman–Crippen MR) is 84.8 cm³/mol. The van der Waals surface area contributed by atoms with Crippen molar-refractivity contribution >= 4 is 17.4 Å². The minimum atomic E-state index is -0.0798. The number of nitrogens with zero attached hydrogens (tertiary/aromatic N) is 3. The molecule has 5 nitrogen and oxygen atoms in total. The van der Waals surface area contributed by atoms with Gasteiger partial charge < -0.3 is 10.2 Å². The second kappa shape index (κ2) is 6.35. The molecule has 0 aromatic carbocycles. The zero-order valence-electron chi connectivity index (χ0n) is 12.8. The van der Waals surface area contributed by atoms with Gasteiger partial charge in [0.2, 0.25) is 0 Å². The molecule has 0 unspecified atom stereocenters. The fourth-order valence-electron chi connectivity index (χ4n) is 1.96. The summed E-state index contributed by atoms with van der Waals surface area (Å²) in [5, 5.41) is 3.00. The van der Waals surface area contributed by atoms with E-state index in [9.17, 15) is 4.79 Å². The van der Waals surface area contributed by atoms with Crippen LogP contribution in [0.3, 0.4) is 0 Å². The SMILES string of the molecule is CNc1cc(C(=O)N(C)c2cccnc2)cc(C(C)C)n1. The Morgan fingerprint density at radius 3 is 2.67 bits per heavy atom. The fourth-order valence-corrected chi connectivity index (χ4v) is 1.96. The van der Waals surface area contributed by atoms with Gasteiger partial charge in [-0.05, 0) is 30.2 Å². The molecule has 2 aromatic rings. The Morgan fingerprint density at radius 2 is 2.10 bits per heavy atom. The molecule has 5 heteroatoms. The van der Waals surface area contributed by atoms with Crippen LogP contribution in [0.2, 0.25) is 0 Å². The molecular formula is C16H20N4O. The van der Waals surface area contributed by atoms with E-state index in [1.54, 1.807) is 37.5 Å². The minimum absolute atomic E-state index is 0.0798. The van der Waals surface area contributed by atoms with Gasteiger partial charge in [-0.25, -0.2) is 4.98 Å². The molecule has 0 radical (unpaired) electrons. The number of hydrogen-bond acceptors (Lipinski definition) is 4. The maximum absolute atomic E-state index is 12.6. The van der Waals surface area contributed by atoms with Crippen LogP contribution in [0, 0.1) is 0 Å². The predicted octanol–water partition coefficient (Wildman–Crippen LogP) is 2.92. The lowest BCUT2D eigenvalue weighted by molar-refractivity contribution is 0.0993. The summed E-state index contributed by atoms with van der Waals surface area (Å²) in [6.07, 6.45) is 3.35. The Morgan fingerprint density at radius 1 is 1.33 bits per heavy atom. The van der Waals surface area contributed by atoms with Gasteiger partial charge >= 0.3 is 0 Å². The lowest BCUT2D eigenvalue weighted by Crippen LogP contribution is -2.26. The van der Waals surface area contributed by atoms with E-state index >= 15 is 0 Å². The van der Waals surface area contributed by atoms with E-state index in [4.69, 9.17) is 0 Å². The van der Waals surface area contributed by atoms with Gasteiger partial charge in [-0.2, -0.15) is 0 Å². The van der Waals surface area contributed by atoms with Crippen molar-refractivity contribution in [2.75, 3.05) is 24.3 Å². The number of hydrogen-bond donors (Lipinski definition) is 1. The Bertz CT molecular complexity index is 625. The van der Waals surface area contributed by atoms with E-state index in [0.717, 1.165) is 11.4 Å². The molecule has 110 valence electrons. The number of anilines is 2. The molecule has 0 atom stereocenters. The normalized spacial score (nSPS) is 10.5. The zero-order chi connectivity index (χ0) is 15.4. The highest BCUT2D eigenvalue weighted by atomic mass is 16.2. The van der Waals surface area contributed by atoms with Crippen molar-refractivity contribution in [3.8, 4) is 0 Å². The second-order valence-electron chi connectivity index (χ2n) is 5.15. The number of pyridine rings is 2. The number of aromatic nitrogens is 2. The van der Waals surface area contributed by atoms with Crippen LogP contribution in [0.5, 0.6) is 0 Å². The highest BCUT2D eigenvalue weighted by Crippen LogP contribution is 2.20. The molecule has 1 amide bonds. The summed E-state index contributed by atoms with van der Waals surface area (Å²) in [6.45, 7) is 4.11. The van der Waals surface area contributed by atoms with Crippen LogP contribution in [-0.4, -0.2) is 30.0 Å². The first-order valence-corrected chi connectivity index (χ1v) is 6.90. The van der Waals surface area contributed by atoms with Gasteiger partial charge in [-0.1, -0.05) is 13.8 Å². The molecule has 0 saturated heterocycles. The summed E-state index contributed by atoms with van der Waals surface area (Å²) in [4.78, 5) is 22.7. The third-order valence-electron chi connectivity index (χ3n) is 3.28. The summed E-state index contributed by atoms with van der Waals surface area (Å²) in [5.74, 6) is 0.876. The molecular weight excluding hydrogens is 264 g/mol. The average Bonchev–Trinajstić information content (AvgIpc) is 2.53. The van der Waals surface area contributed by atoms with Crippen LogP contribution < -0.4 is 10.2 Å². The molecule has 0 aliphatic rings. The van der Waals surface area contributed by atoms with Crippen molar-refractivity contribution < 1.29 is 4.79 Å². The molecule has 21 heavy (non-hydrogen) atoms. The minimum Gasteiger partial charge on any atom is -0.373 e. The maximum atomic E-state index is 12.6. The van der Waals surface area contributed by atoms with E-state index in [2.05, 4.69) is 29.1 Å². The fraction of sp³-hybridized carbons (Fsp3) is 0.312. The maximum Gasteiger partial charge on any atom is 0.258 e. The number of carbonyl (C=O) groups excluding carboxylic acids is 1. The Balaban J connectivity index is 2.36. The van der Waals surface area contributed by atoms with Crippen molar-refractivity contribution in [2.45, 2.75) is 19.8 Å². The lowest BCUT2D eigenvalue weighted by atomic mass is 10.1. The number of carbonyl (C=O) groups is 1. The lowest BCUT2D eigenvalue weighted by Gasteiger charge is -2.18. The van der Waals surface area contributed by atoms with Crippen molar-refractivity contribution in [2.24, 2.45) is 0 Å². The molecule has 2 heterocycles. The molecule has 1 N–H and O–H groups in total. The third kappa shape index (κ3) is 3.37. The molecule has 0 fully saturated rings. The van der Waals surface area contributed by atoms with Crippen molar-refractivity contribution in [3.05, 3.63) is 47.9 Å². The highest BCUT2D eigenvalue weighted by Gasteiger charge is 2.16. The van der Waals surface area contributed by atoms with Gasteiger partial charge in [0.1, 0.15) is 5.82 Å². The van der Waals surface area contributed by atoms with Crippen LogP contribution in [0.1, 0.15) is 35.8 Å². The van der Waals surface area contributed by atoms with Gasteiger partial charge in [0, 0.05) is 31.5 Å². The van der Waals surface area contributed by atoms with E-state index < -0.39 is 0 Å². The first-order chi connectivity index (χ1) is 10.0. The molecule has 0 spiro atoms. The van der Waals surface area contributed by atoms with Crippen LogP contribution in [0.25, 0.3) is 0 Å². The molecule has 2 rings (SSSR count). The summed E-state index contributed by atoms with van der Waals surface area (Å²) in [7, 11) is 3.54. The van der Waals surface area contributed by atoms with Gasteiger partial charge in [0.15, 0.2) is 0 Å². The Hall–Kier alpha value is -2.43. The summed E-state index contributed by atoms with van der Waals surface area (Å²) in [5.41, 5.74) is 2.27. The highest BCUT2D eigenvalue weighted by molar-refractivity contribution is 6.06. The van der Waals surface area contributed by atoms with E-state index in [0.29, 0.717) is 11.4 Å². The summed E-state index contributed by atoms with van der Waals surface area (Å²) < 4.78 is 0. The second-order valence-corrected chi connectivity index (χ2v) is 5.15. The van der Waals surface area contributed by atoms with Gasteiger partial charge in [-0.15, -0.1) is 0 Å². The average molecular weight is 284 g/mol. The summed E-state index contributed by atoms with van der Waals surface area (Å²) in [6, 6.07) is 7.28. The molecule has 2 aromatic heterocycles. The molecule has 0 saturated carbocycles. The van der Waals surface area contributed by atoms with Gasteiger partial charge in [-0.3, -0.25) is 9.78 Å².